The largest absolute Gasteiger partial charge is 0.330 e. The summed E-state index contributed by atoms with van der Waals surface area (Å²) in [7, 11) is 0. The van der Waals surface area contributed by atoms with E-state index in [2.05, 4.69) is 25.1 Å². The number of hydrogen-bond acceptors (Lipinski definition) is 3. The molecule has 2 heterocycles. The second-order valence-electron chi connectivity index (χ2n) is 6.43. The molecular weight excluding hydrogens is 314 g/mol. The van der Waals surface area contributed by atoms with E-state index < -0.39 is 6.04 Å². The minimum Gasteiger partial charge on any atom is -0.330 e. The van der Waals surface area contributed by atoms with Crippen LogP contribution in [0.1, 0.15) is 36.0 Å². The molecule has 1 aromatic carbocycles. The number of fused-ring (bicyclic) bond motifs is 1. The van der Waals surface area contributed by atoms with Gasteiger partial charge in [-0.1, -0.05) is 31.9 Å². The van der Waals surface area contributed by atoms with Gasteiger partial charge in [0, 0.05) is 16.8 Å². The zero-order valence-electron chi connectivity index (χ0n) is 14.3. The predicted octanol–water partition coefficient (Wildman–Crippen LogP) is 2.37. The number of anilines is 1. The van der Waals surface area contributed by atoms with Gasteiger partial charge in [0.05, 0.1) is 5.69 Å². The van der Waals surface area contributed by atoms with Crippen LogP contribution in [-0.2, 0) is 16.0 Å². The number of benzene rings is 1. The van der Waals surface area contributed by atoms with Crippen LogP contribution in [0.4, 0.5) is 5.69 Å². The van der Waals surface area contributed by atoms with Crippen molar-refractivity contribution in [2.45, 2.75) is 31.7 Å². The van der Waals surface area contributed by atoms with Crippen molar-refractivity contribution in [1.82, 2.24) is 5.32 Å². The van der Waals surface area contributed by atoms with Crippen molar-refractivity contribution in [3.05, 3.63) is 54.3 Å². The Kier molecular flexibility index (Phi) is 4.59. The molecule has 0 aromatic heterocycles. The van der Waals surface area contributed by atoms with Gasteiger partial charge in [-0.05, 0) is 49.4 Å². The molecule has 2 aliphatic heterocycles. The molecule has 5 heteroatoms. The van der Waals surface area contributed by atoms with Crippen molar-refractivity contribution in [2.24, 2.45) is 5.73 Å². The lowest BCUT2D eigenvalue weighted by atomic mass is 9.94. The molecule has 1 aromatic rings. The topological polar surface area (TPSA) is 75.4 Å². The van der Waals surface area contributed by atoms with E-state index in [1.807, 2.05) is 12.1 Å². The van der Waals surface area contributed by atoms with E-state index in [0.717, 1.165) is 35.2 Å². The summed E-state index contributed by atoms with van der Waals surface area (Å²) in [6.07, 6.45) is 4.65. The van der Waals surface area contributed by atoms with Crippen molar-refractivity contribution in [2.75, 3.05) is 11.4 Å². The number of nitrogens with two attached hydrogens (primary N) is 1. The smallest absolute Gasteiger partial charge is 0.259 e. The molecule has 0 saturated carbocycles. The highest BCUT2D eigenvalue weighted by molar-refractivity contribution is 6.34. The van der Waals surface area contributed by atoms with Crippen LogP contribution in [0.2, 0.25) is 0 Å². The molecule has 0 bridgehead atoms. The first kappa shape index (κ1) is 17.2. The first-order valence-electron chi connectivity index (χ1n) is 8.49. The highest BCUT2D eigenvalue weighted by Crippen LogP contribution is 2.42. The van der Waals surface area contributed by atoms with E-state index in [4.69, 9.17) is 5.73 Å². The van der Waals surface area contributed by atoms with Gasteiger partial charge in [-0.2, -0.15) is 0 Å². The molecule has 1 saturated heterocycles. The van der Waals surface area contributed by atoms with E-state index in [1.165, 1.54) is 0 Å². The molecule has 2 aliphatic rings. The number of aryl methyl sites for hydroxylation is 1. The van der Waals surface area contributed by atoms with Crippen LogP contribution in [0.15, 0.2) is 37.6 Å². The van der Waals surface area contributed by atoms with E-state index in [0.29, 0.717) is 30.7 Å². The maximum atomic E-state index is 12.9. The number of hydrogen-bond donors (Lipinski definition) is 2. The molecular formula is C20H23N3O2. The first-order chi connectivity index (χ1) is 12.0. The molecule has 3 rings (SSSR count). The van der Waals surface area contributed by atoms with E-state index >= 15 is 0 Å². The Bertz CT molecular complexity index is 794. The lowest BCUT2D eigenvalue weighted by molar-refractivity contribution is -0.125. The fourth-order valence-electron chi connectivity index (χ4n) is 3.59. The van der Waals surface area contributed by atoms with Crippen molar-refractivity contribution >= 4 is 29.2 Å². The van der Waals surface area contributed by atoms with Crippen LogP contribution in [0.3, 0.4) is 0 Å². The summed E-state index contributed by atoms with van der Waals surface area (Å²) in [6.45, 7) is 12.3. The molecule has 1 unspecified atom stereocenters. The number of amides is 2. The predicted molar refractivity (Wildman–Crippen MR) is 101 cm³/mol. The summed E-state index contributed by atoms with van der Waals surface area (Å²) < 4.78 is 0. The average molecular weight is 337 g/mol. The van der Waals surface area contributed by atoms with Gasteiger partial charge in [-0.25, -0.2) is 0 Å². The third-order valence-corrected chi connectivity index (χ3v) is 4.84. The number of piperidine rings is 1. The highest BCUT2D eigenvalue weighted by Gasteiger charge is 2.41. The number of nitrogens with zero attached hydrogens (tertiary/aromatic N) is 1. The van der Waals surface area contributed by atoms with Crippen molar-refractivity contribution < 1.29 is 9.59 Å². The zero-order chi connectivity index (χ0) is 18.1. The summed E-state index contributed by atoms with van der Waals surface area (Å²) in [5, 5.41) is 2.75. The molecule has 5 nitrogen and oxygen atoms in total. The summed E-state index contributed by atoms with van der Waals surface area (Å²) in [4.78, 5) is 26.8. The highest BCUT2D eigenvalue weighted by atomic mass is 16.2. The molecule has 130 valence electrons. The van der Waals surface area contributed by atoms with Crippen LogP contribution >= 0.6 is 0 Å². The Morgan fingerprint density at radius 3 is 2.72 bits per heavy atom. The fourth-order valence-corrected chi connectivity index (χ4v) is 3.59. The SMILES string of the molecule is C=Cc1c(CCCN)ccc2c1C(=C)C(=O)N2C1CCC(=C)NC1=O. The lowest BCUT2D eigenvalue weighted by Gasteiger charge is -2.31. The standard InChI is InChI=1S/C20H23N3O2/c1-4-15-14(6-5-11-21)8-10-16-18(15)13(3)20(25)23(16)17-9-7-12(2)22-19(17)24/h4,8,10,17H,1-3,5-7,9,11,21H2,(H,22,24). The number of carbonyl (C=O) groups excluding carboxylic acids is 2. The summed E-state index contributed by atoms with van der Waals surface area (Å²) in [5.74, 6) is -0.417. The quantitative estimate of drug-likeness (QED) is 0.810. The first-order valence-corrected chi connectivity index (χ1v) is 8.49. The second kappa shape index (κ2) is 6.69. The van der Waals surface area contributed by atoms with Crippen LogP contribution in [0.25, 0.3) is 11.6 Å². The van der Waals surface area contributed by atoms with Crippen LogP contribution in [0.5, 0.6) is 0 Å². The van der Waals surface area contributed by atoms with Gasteiger partial charge in [0.1, 0.15) is 6.04 Å². The van der Waals surface area contributed by atoms with Crippen LogP contribution in [0, 0.1) is 0 Å². The van der Waals surface area contributed by atoms with Gasteiger partial charge in [0.15, 0.2) is 0 Å². The fraction of sp³-hybridized carbons (Fsp3) is 0.300. The number of nitrogens with one attached hydrogen (secondary N) is 1. The molecule has 3 N–H and O–H groups in total. The van der Waals surface area contributed by atoms with E-state index in [9.17, 15) is 9.59 Å². The maximum absolute atomic E-state index is 12.9. The van der Waals surface area contributed by atoms with Crippen LogP contribution < -0.4 is 16.0 Å². The van der Waals surface area contributed by atoms with Gasteiger partial charge < -0.3 is 11.1 Å². The summed E-state index contributed by atoms with van der Waals surface area (Å²) >= 11 is 0. The lowest BCUT2D eigenvalue weighted by Crippen LogP contribution is -2.50. The maximum Gasteiger partial charge on any atom is 0.259 e. The Morgan fingerprint density at radius 2 is 2.08 bits per heavy atom. The third kappa shape index (κ3) is 2.81. The van der Waals surface area contributed by atoms with Gasteiger partial charge in [0.25, 0.3) is 5.91 Å². The van der Waals surface area contributed by atoms with Gasteiger partial charge in [-0.15, -0.1) is 0 Å². The molecule has 1 fully saturated rings. The zero-order valence-corrected chi connectivity index (χ0v) is 14.3. The van der Waals surface area contributed by atoms with Gasteiger partial charge >= 0.3 is 0 Å². The van der Waals surface area contributed by atoms with Crippen LogP contribution in [-0.4, -0.2) is 24.4 Å². The van der Waals surface area contributed by atoms with Crippen molar-refractivity contribution in [1.29, 1.82) is 0 Å². The minimum absolute atomic E-state index is 0.197. The van der Waals surface area contributed by atoms with Crippen molar-refractivity contribution in [3.63, 3.8) is 0 Å². The van der Waals surface area contributed by atoms with Gasteiger partial charge in [-0.3, -0.25) is 14.5 Å². The Balaban J connectivity index is 2.05. The Labute approximate surface area is 147 Å². The average Bonchev–Trinajstić information content (AvgIpc) is 2.84. The molecule has 0 radical (unpaired) electrons. The Hall–Kier alpha value is -2.66. The van der Waals surface area contributed by atoms with Crippen molar-refractivity contribution in [3.8, 4) is 0 Å². The molecule has 0 aliphatic carbocycles. The molecule has 1 atom stereocenters. The molecule has 25 heavy (non-hydrogen) atoms. The summed E-state index contributed by atoms with van der Waals surface area (Å²) in [6, 6.07) is 3.36. The summed E-state index contributed by atoms with van der Waals surface area (Å²) in [5.41, 5.74) is 10.2. The van der Waals surface area contributed by atoms with E-state index in [-0.39, 0.29) is 11.8 Å². The Morgan fingerprint density at radius 1 is 1.32 bits per heavy atom. The third-order valence-electron chi connectivity index (χ3n) is 4.84. The number of rotatable bonds is 5. The molecule has 2 amide bonds. The van der Waals surface area contributed by atoms with Gasteiger partial charge in [0.2, 0.25) is 5.91 Å². The minimum atomic E-state index is -0.538. The number of allylic oxidation sites excluding steroid dienone is 1. The monoisotopic (exact) mass is 337 g/mol. The molecule has 0 spiro atoms. The number of carbonyl (C=O) groups is 2. The normalized spacial score (nSPS) is 19.9. The van der Waals surface area contributed by atoms with E-state index in [1.54, 1.807) is 11.0 Å². The second-order valence-corrected chi connectivity index (χ2v) is 6.43.